The molecule has 1 N–H and O–H groups in total. The van der Waals surface area contributed by atoms with Crippen LogP contribution in [0.3, 0.4) is 0 Å². The molecule has 1 heteroatoms. The summed E-state index contributed by atoms with van der Waals surface area (Å²) in [5.41, 5.74) is 0. The Bertz CT molecular complexity index is 276. The second-order valence-electron chi connectivity index (χ2n) is 6.21. The van der Waals surface area contributed by atoms with E-state index in [1.807, 2.05) is 0 Å². The van der Waals surface area contributed by atoms with E-state index in [1.54, 1.807) is 0 Å². The summed E-state index contributed by atoms with van der Waals surface area (Å²) in [5, 5.41) is 4.00. The first-order valence-electron chi connectivity index (χ1n) is 6.84. The number of fused-ring (bicyclic) bond motifs is 1. The van der Waals surface area contributed by atoms with Crippen LogP contribution in [0.4, 0.5) is 0 Å². The van der Waals surface area contributed by atoms with Crippen LogP contribution in [0, 0.1) is 23.7 Å². The molecular formula is C14H21N. The molecule has 0 saturated heterocycles. The van der Waals surface area contributed by atoms with E-state index in [2.05, 4.69) is 17.5 Å². The van der Waals surface area contributed by atoms with E-state index < -0.39 is 0 Å². The number of hydrogen-bond acceptors (Lipinski definition) is 1. The molecule has 82 valence electrons. The van der Waals surface area contributed by atoms with E-state index in [9.17, 15) is 0 Å². The van der Waals surface area contributed by atoms with E-state index in [4.69, 9.17) is 0 Å². The highest BCUT2D eigenvalue weighted by molar-refractivity contribution is 5.14. The first-order chi connectivity index (χ1) is 7.42. The van der Waals surface area contributed by atoms with Gasteiger partial charge in [-0.1, -0.05) is 12.2 Å². The summed E-state index contributed by atoms with van der Waals surface area (Å²) in [5.74, 6) is 4.04. The Morgan fingerprint density at radius 1 is 1.07 bits per heavy atom. The molecule has 3 atom stereocenters. The molecule has 4 aliphatic rings. The zero-order chi connectivity index (χ0) is 9.83. The van der Waals surface area contributed by atoms with Gasteiger partial charge in [0.15, 0.2) is 0 Å². The fourth-order valence-corrected chi connectivity index (χ4v) is 3.72. The Kier molecular flexibility index (Phi) is 1.82. The van der Waals surface area contributed by atoms with Crippen molar-refractivity contribution < 1.29 is 0 Å². The summed E-state index contributed by atoms with van der Waals surface area (Å²) >= 11 is 0. The first-order valence-corrected chi connectivity index (χ1v) is 6.84. The molecule has 0 radical (unpaired) electrons. The Balaban J connectivity index is 1.39. The first kappa shape index (κ1) is 8.81. The van der Waals surface area contributed by atoms with Gasteiger partial charge in [0, 0.05) is 12.1 Å². The van der Waals surface area contributed by atoms with E-state index in [1.165, 1.54) is 38.5 Å². The minimum absolute atomic E-state index is 0.847. The maximum atomic E-state index is 4.00. The topological polar surface area (TPSA) is 12.0 Å². The molecule has 0 aromatic rings. The van der Waals surface area contributed by atoms with Gasteiger partial charge < -0.3 is 5.32 Å². The molecule has 0 bridgehead atoms. The minimum Gasteiger partial charge on any atom is -0.310 e. The highest BCUT2D eigenvalue weighted by Crippen LogP contribution is 2.48. The van der Waals surface area contributed by atoms with Crippen molar-refractivity contribution >= 4 is 0 Å². The number of rotatable bonds is 4. The maximum Gasteiger partial charge on any atom is 0.0138 e. The van der Waals surface area contributed by atoms with Crippen LogP contribution < -0.4 is 5.32 Å². The normalized spacial score (nSPS) is 43.1. The lowest BCUT2D eigenvalue weighted by atomic mass is 9.71. The zero-order valence-corrected chi connectivity index (χ0v) is 9.36. The molecule has 4 aliphatic carbocycles. The quantitative estimate of drug-likeness (QED) is 0.693. The van der Waals surface area contributed by atoms with Gasteiger partial charge in [0.2, 0.25) is 0 Å². The molecule has 1 nitrogen and oxygen atoms in total. The lowest BCUT2D eigenvalue weighted by molar-refractivity contribution is 0.140. The summed E-state index contributed by atoms with van der Waals surface area (Å²) in [6, 6.07) is 1.75. The minimum atomic E-state index is 0.847. The van der Waals surface area contributed by atoms with Gasteiger partial charge in [-0.05, 0) is 62.2 Å². The summed E-state index contributed by atoms with van der Waals surface area (Å²) in [4.78, 5) is 0. The largest absolute Gasteiger partial charge is 0.310 e. The smallest absolute Gasteiger partial charge is 0.0138 e. The maximum absolute atomic E-state index is 4.00. The standard InChI is InChI=1S/C14H21N/c1-2-11-8-13(12(11)3-1)15-14(9-4-5-9)10-6-7-10/h1,3,9-15H,2,4-8H2. The van der Waals surface area contributed by atoms with Crippen LogP contribution in [0.5, 0.6) is 0 Å². The van der Waals surface area contributed by atoms with Crippen LogP contribution in [0.15, 0.2) is 12.2 Å². The fraction of sp³-hybridized carbons (Fsp3) is 0.857. The average Bonchev–Trinajstić information content (AvgIpc) is 3.09. The number of hydrogen-bond donors (Lipinski definition) is 1. The Hall–Kier alpha value is -0.300. The molecule has 0 heterocycles. The van der Waals surface area contributed by atoms with Crippen LogP contribution in [0.25, 0.3) is 0 Å². The van der Waals surface area contributed by atoms with Crippen molar-refractivity contribution in [2.45, 2.75) is 50.6 Å². The summed E-state index contributed by atoms with van der Waals surface area (Å²) in [7, 11) is 0. The van der Waals surface area contributed by atoms with Crippen molar-refractivity contribution in [3.05, 3.63) is 12.2 Å². The lowest BCUT2D eigenvalue weighted by Crippen LogP contribution is -2.53. The van der Waals surface area contributed by atoms with Gasteiger partial charge in [0.1, 0.15) is 0 Å². The van der Waals surface area contributed by atoms with E-state index in [0.29, 0.717) is 0 Å². The average molecular weight is 203 g/mol. The van der Waals surface area contributed by atoms with E-state index in [0.717, 1.165) is 35.8 Å². The predicted octanol–water partition coefficient (Wildman–Crippen LogP) is 2.73. The van der Waals surface area contributed by atoms with Crippen molar-refractivity contribution in [2.24, 2.45) is 23.7 Å². The van der Waals surface area contributed by atoms with Crippen molar-refractivity contribution in [2.75, 3.05) is 0 Å². The molecule has 3 unspecified atom stereocenters. The second kappa shape index (κ2) is 3.10. The van der Waals surface area contributed by atoms with Crippen molar-refractivity contribution in [1.82, 2.24) is 5.32 Å². The molecule has 0 aromatic heterocycles. The van der Waals surface area contributed by atoms with Crippen LogP contribution >= 0.6 is 0 Å². The van der Waals surface area contributed by atoms with Gasteiger partial charge in [-0.15, -0.1) is 0 Å². The molecule has 4 rings (SSSR count). The molecular weight excluding hydrogens is 182 g/mol. The highest BCUT2D eigenvalue weighted by Gasteiger charge is 2.47. The van der Waals surface area contributed by atoms with Gasteiger partial charge >= 0.3 is 0 Å². The monoisotopic (exact) mass is 203 g/mol. The molecule has 15 heavy (non-hydrogen) atoms. The Morgan fingerprint density at radius 3 is 2.40 bits per heavy atom. The third-order valence-corrected chi connectivity index (χ3v) is 5.03. The fourth-order valence-electron chi connectivity index (χ4n) is 3.72. The summed E-state index contributed by atoms with van der Waals surface area (Å²) in [6.07, 6.45) is 13.7. The van der Waals surface area contributed by atoms with Crippen molar-refractivity contribution in [1.29, 1.82) is 0 Å². The SMILES string of the molecule is C1=CC2C(C1)CC2NC(C1CC1)C1CC1. The molecule has 0 amide bonds. The van der Waals surface area contributed by atoms with Crippen molar-refractivity contribution in [3.63, 3.8) is 0 Å². The van der Waals surface area contributed by atoms with Gasteiger partial charge in [-0.2, -0.15) is 0 Å². The highest BCUT2D eigenvalue weighted by atomic mass is 15.0. The van der Waals surface area contributed by atoms with Crippen LogP contribution in [0.1, 0.15) is 38.5 Å². The van der Waals surface area contributed by atoms with Crippen LogP contribution in [-0.4, -0.2) is 12.1 Å². The van der Waals surface area contributed by atoms with E-state index >= 15 is 0 Å². The zero-order valence-electron chi connectivity index (χ0n) is 9.36. The second-order valence-corrected chi connectivity index (χ2v) is 6.21. The predicted molar refractivity (Wildman–Crippen MR) is 61.5 cm³/mol. The van der Waals surface area contributed by atoms with Gasteiger partial charge in [-0.25, -0.2) is 0 Å². The Labute approximate surface area is 92.3 Å². The molecule has 0 aliphatic heterocycles. The molecule has 0 spiro atoms. The van der Waals surface area contributed by atoms with Gasteiger partial charge in [-0.3, -0.25) is 0 Å². The van der Waals surface area contributed by atoms with Crippen LogP contribution in [-0.2, 0) is 0 Å². The van der Waals surface area contributed by atoms with Crippen molar-refractivity contribution in [3.8, 4) is 0 Å². The molecule has 3 fully saturated rings. The third-order valence-electron chi connectivity index (χ3n) is 5.03. The lowest BCUT2D eigenvalue weighted by Gasteiger charge is -2.43. The summed E-state index contributed by atoms with van der Waals surface area (Å²) in [6.45, 7) is 0. The van der Waals surface area contributed by atoms with Gasteiger partial charge in [0.25, 0.3) is 0 Å². The van der Waals surface area contributed by atoms with Gasteiger partial charge in [0.05, 0.1) is 0 Å². The third kappa shape index (κ3) is 1.47. The molecule has 3 saturated carbocycles. The van der Waals surface area contributed by atoms with Crippen LogP contribution in [0.2, 0.25) is 0 Å². The van der Waals surface area contributed by atoms with E-state index in [-0.39, 0.29) is 0 Å². The summed E-state index contributed by atoms with van der Waals surface area (Å²) < 4.78 is 0. The Morgan fingerprint density at radius 2 is 1.80 bits per heavy atom. The number of nitrogens with one attached hydrogen (secondary N) is 1. The number of allylic oxidation sites excluding steroid dienone is 1. The molecule has 0 aromatic carbocycles.